The molecule has 0 radical (unpaired) electrons. The Morgan fingerprint density at radius 1 is 1.18 bits per heavy atom. The SMILES string of the molecule is O=C1C2C(CO)C2C(=O)N1c1cccc(O)c1. The predicted molar refractivity (Wildman–Crippen MR) is 58.2 cm³/mol. The van der Waals surface area contributed by atoms with E-state index in [1.165, 1.54) is 12.1 Å². The number of phenols is 1. The number of benzene rings is 1. The molecule has 1 saturated carbocycles. The average molecular weight is 233 g/mol. The van der Waals surface area contributed by atoms with Crippen LogP contribution in [0.4, 0.5) is 5.69 Å². The Bertz CT molecular complexity index is 491. The van der Waals surface area contributed by atoms with Gasteiger partial charge in [-0.3, -0.25) is 9.59 Å². The van der Waals surface area contributed by atoms with Crippen LogP contribution >= 0.6 is 0 Å². The lowest BCUT2D eigenvalue weighted by atomic mass is 10.2. The molecule has 1 aliphatic carbocycles. The number of nitrogens with zero attached hydrogens (tertiary/aromatic N) is 1. The maximum atomic E-state index is 12.0. The number of imide groups is 1. The van der Waals surface area contributed by atoms with Crippen molar-refractivity contribution >= 4 is 17.5 Å². The fraction of sp³-hybridized carbons (Fsp3) is 0.333. The third-order valence-corrected chi connectivity index (χ3v) is 3.48. The van der Waals surface area contributed by atoms with Crippen LogP contribution in [0.3, 0.4) is 0 Å². The molecule has 2 fully saturated rings. The van der Waals surface area contributed by atoms with Gasteiger partial charge in [-0.2, -0.15) is 0 Å². The number of piperidine rings is 1. The van der Waals surface area contributed by atoms with Crippen LogP contribution in [0.25, 0.3) is 0 Å². The lowest BCUT2D eigenvalue weighted by Crippen LogP contribution is -2.35. The molecule has 5 heteroatoms. The quantitative estimate of drug-likeness (QED) is 0.711. The number of hydrogen-bond acceptors (Lipinski definition) is 4. The zero-order chi connectivity index (χ0) is 12.2. The number of amides is 2. The molecule has 17 heavy (non-hydrogen) atoms. The highest BCUT2D eigenvalue weighted by Crippen LogP contribution is 2.53. The highest BCUT2D eigenvalue weighted by molar-refractivity contribution is 6.25. The molecule has 2 unspecified atom stereocenters. The van der Waals surface area contributed by atoms with Crippen molar-refractivity contribution in [1.82, 2.24) is 0 Å². The number of carbonyl (C=O) groups is 2. The Balaban J connectivity index is 1.93. The van der Waals surface area contributed by atoms with E-state index in [0.717, 1.165) is 4.90 Å². The molecule has 1 aliphatic heterocycles. The Morgan fingerprint density at radius 2 is 1.82 bits per heavy atom. The van der Waals surface area contributed by atoms with Gasteiger partial charge in [0.05, 0.1) is 17.5 Å². The van der Waals surface area contributed by atoms with Gasteiger partial charge in [0.15, 0.2) is 0 Å². The fourth-order valence-corrected chi connectivity index (χ4v) is 2.57. The molecule has 3 rings (SSSR count). The van der Waals surface area contributed by atoms with E-state index in [4.69, 9.17) is 5.11 Å². The monoisotopic (exact) mass is 233 g/mol. The smallest absolute Gasteiger partial charge is 0.238 e. The Hall–Kier alpha value is -1.88. The Morgan fingerprint density at radius 3 is 2.35 bits per heavy atom. The van der Waals surface area contributed by atoms with Gasteiger partial charge in [-0.25, -0.2) is 4.90 Å². The lowest BCUT2D eigenvalue weighted by Gasteiger charge is -2.17. The van der Waals surface area contributed by atoms with Gasteiger partial charge >= 0.3 is 0 Å². The number of aromatic hydroxyl groups is 1. The van der Waals surface area contributed by atoms with Gasteiger partial charge in [0, 0.05) is 18.6 Å². The van der Waals surface area contributed by atoms with Gasteiger partial charge in [-0.1, -0.05) is 6.07 Å². The molecule has 1 heterocycles. The van der Waals surface area contributed by atoms with E-state index in [0.29, 0.717) is 5.69 Å². The van der Waals surface area contributed by atoms with Crippen molar-refractivity contribution in [1.29, 1.82) is 0 Å². The van der Waals surface area contributed by atoms with Crippen LogP contribution in [0.15, 0.2) is 24.3 Å². The minimum absolute atomic E-state index is 0.0161. The van der Waals surface area contributed by atoms with E-state index in [1.807, 2.05) is 0 Å². The van der Waals surface area contributed by atoms with Gasteiger partial charge in [0.1, 0.15) is 5.75 Å². The summed E-state index contributed by atoms with van der Waals surface area (Å²) in [5.74, 6) is -1.47. The fourth-order valence-electron chi connectivity index (χ4n) is 2.57. The molecule has 1 aromatic rings. The zero-order valence-corrected chi connectivity index (χ0v) is 8.91. The first-order valence-electron chi connectivity index (χ1n) is 5.43. The summed E-state index contributed by atoms with van der Waals surface area (Å²) in [5.41, 5.74) is 0.392. The van der Waals surface area contributed by atoms with Gasteiger partial charge in [0.2, 0.25) is 11.8 Å². The summed E-state index contributed by atoms with van der Waals surface area (Å²) in [7, 11) is 0. The summed E-state index contributed by atoms with van der Waals surface area (Å²) in [5, 5.41) is 18.3. The summed E-state index contributed by atoms with van der Waals surface area (Å²) < 4.78 is 0. The van der Waals surface area contributed by atoms with Gasteiger partial charge < -0.3 is 10.2 Å². The van der Waals surface area contributed by atoms with E-state index >= 15 is 0 Å². The lowest BCUT2D eigenvalue weighted by molar-refractivity contribution is -0.124. The highest BCUT2D eigenvalue weighted by atomic mass is 16.3. The number of fused-ring (bicyclic) bond motifs is 1. The summed E-state index contributed by atoms with van der Waals surface area (Å²) >= 11 is 0. The van der Waals surface area contributed by atoms with E-state index in [9.17, 15) is 14.7 Å². The van der Waals surface area contributed by atoms with E-state index in [1.54, 1.807) is 12.1 Å². The first-order valence-corrected chi connectivity index (χ1v) is 5.43. The van der Waals surface area contributed by atoms with Crippen molar-refractivity contribution in [3.63, 3.8) is 0 Å². The van der Waals surface area contributed by atoms with Crippen LogP contribution in [0.1, 0.15) is 0 Å². The molecule has 5 nitrogen and oxygen atoms in total. The van der Waals surface area contributed by atoms with Crippen molar-refractivity contribution in [3.05, 3.63) is 24.3 Å². The maximum Gasteiger partial charge on any atom is 0.238 e. The molecule has 0 aromatic heterocycles. The van der Waals surface area contributed by atoms with E-state index < -0.39 is 0 Å². The van der Waals surface area contributed by atoms with Crippen molar-refractivity contribution < 1.29 is 19.8 Å². The Labute approximate surface area is 97.3 Å². The van der Waals surface area contributed by atoms with Crippen LogP contribution < -0.4 is 4.90 Å². The summed E-state index contributed by atoms with van der Waals surface area (Å²) in [6.45, 7) is -0.124. The molecule has 0 bridgehead atoms. The summed E-state index contributed by atoms with van der Waals surface area (Å²) in [6, 6.07) is 6.05. The Kier molecular flexibility index (Phi) is 2.00. The van der Waals surface area contributed by atoms with Crippen LogP contribution in [-0.4, -0.2) is 28.6 Å². The largest absolute Gasteiger partial charge is 0.508 e. The highest BCUT2D eigenvalue weighted by Gasteiger charge is 2.67. The van der Waals surface area contributed by atoms with Crippen LogP contribution in [-0.2, 0) is 9.59 Å². The third kappa shape index (κ3) is 1.29. The molecular weight excluding hydrogens is 222 g/mol. The number of aliphatic hydroxyl groups is 1. The van der Waals surface area contributed by atoms with Crippen molar-refractivity contribution in [3.8, 4) is 5.75 Å². The number of anilines is 1. The molecule has 1 saturated heterocycles. The molecule has 2 atom stereocenters. The summed E-state index contributed by atoms with van der Waals surface area (Å²) in [6.07, 6.45) is 0. The van der Waals surface area contributed by atoms with Gasteiger partial charge in [-0.15, -0.1) is 0 Å². The van der Waals surface area contributed by atoms with Crippen LogP contribution in [0.5, 0.6) is 5.75 Å². The number of hydrogen-bond donors (Lipinski definition) is 2. The molecule has 2 N–H and O–H groups in total. The first-order chi connectivity index (χ1) is 8.15. The van der Waals surface area contributed by atoms with Crippen molar-refractivity contribution in [2.24, 2.45) is 17.8 Å². The minimum atomic E-state index is -0.366. The van der Waals surface area contributed by atoms with Crippen molar-refractivity contribution in [2.45, 2.75) is 0 Å². The second-order valence-corrected chi connectivity index (χ2v) is 4.43. The molecule has 2 aliphatic rings. The third-order valence-electron chi connectivity index (χ3n) is 3.48. The molecule has 0 spiro atoms. The first kappa shape index (κ1) is 10.3. The van der Waals surface area contributed by atoms with Gasteiger partial charge in [-0.05, 0) is 12.1 Å². The van der Waals surface area contributed by atoms with E-state index in [2.05, 4.69) is 0 Å². The molecular formula is C12H11NO4. The number of phenolic OH excluding ortho intramolecular Hbond substituents is 1. The predicted octanol–water partition coefficient (Wildman–Crippen LogP) is 0.120. The second kappa shape index (κ2) is 3.30. The zero-order valence-electron chi connectivity index (χ0n) is 8.91. The number of aliphatic hydroxyl groups excluding tert-OH is 1. The van der Waals surface area contributed by atoms with Crippen LogP contribution in [0.2, 0.25) is 0 Å². The standard InChI is InChI=1S/C12H11NO4/c14-5-8-9-10(8)12(17)13(11(9)16)6-2-1-3-7(15)4-6/h1-4,8-10,14-15H,5H2. The molecule has 88 valence electrons. The minimum Gasteiger partial charge on any atom is -0.508 e. The van der Waals surface area contributed by atoms with E-state index in [-0.39, 0.29) is 41.9 Å². The molecule has 2 amide bonds. The summed E-state index contributed by atoms with van der Waals surface area (Å²) in [4.78, 5) is 25.0. The maximum absolute atomic E-state index is 12.0. The van der Waals surface area contributed by atoms with Crippen molar-refractivity contribution in [2.75, 3.05) is 11.5 Å². The normalized spacial score (nSPS) is 30.6. The average Bonchev–Trinajstić information content (AvgIpc) is 2.97. The van der Waals surface area contributed by atoms with Gasteiger partial charge in [0.25, 0.3) is 0 Å². The number of carbonyl (C=O) groups excluding carboxylic acids is 2. The molecule has 1 aromatic carbocycles. The second-order valence-electron chi connectivity index (χ2n) is 4.43. The number of rotatable bonds is 2. The van der Waals surface area contributed by atoms with Crippen LogP contribution in [0, 0.1) is 17.8 Å². The topological polar surface area (TPSA) is 77.8 Å².